The largest absolute Gasteiger partial charge is 0.341 e. The molecule has 1 unspecified atom stereocenters. The number of anilines is 2. The van der Waals surface area contributed by atoms with Crippen LogP contribution in [0.4, 0.5) is 11.4 Å². The third-order valence-corrected chi connectivity index (χ3v) is 8.29. The molecule has 1 heterocycles. The monoisotopic (exact) mass is 625 g/mol. The standard InChI is InChI=1S/C31H35N5O5S.ClH/c1-6-33-20(3)30(38)34-29-21(4)36(28(37)18-42(5,40)41)27-15-22(16-32)12-14-26(27)35(31(29)39)17-25-19(2)11-13-23-9-7-8-10-24(23)25;/h7-15,20-21,29,33H,6,17-18H2,1-5H3,(H,34,38);1H/t20?,21-,29-;/m0./s1. The Morgan fingerprint density at radius 3 is 2.44 bits per heavy atom. The highest BCUT2D eigenvalue weighted by atomic mass is 35.5. The molecule has 0 aliphatic carbocycles. The van der Waals surface area contributed by atoms with Crippen LogP contribution in [0, 0.1) is 18.3 Å². The van der Waals surface area contributed by atoms with Crippen LogP contribution in [-0.4, -0.2) is 62.8 Å². The van der Waals surface area contributed by atoms with Crippen LogP contribution in [-0.2, 0) is 30.8 Å². The van der Waals surface area contributed by atoms with E-state index in [1.807, 2.05) is 50.2 Å². The third kappa shape index (κ3) is 7.16. The fourth-order valence-corrected chi connectivity index (χ4v) is 5.95. The summed E-state index contributed by atoms with van der Waals surface area (Å²) in [6, 6.07) is 15.6. The second kappa shape index (κ2) is 13.5. The lowest BCUT2D eigenvalue weighted by molar-refractivity contribution is -0.129. The van der Waals surface area contributed by atoms with Crippen molar-refractivity contribution in [2.75, 3.05) is 28.4 Å². The summed E-state index contributed by atoms with van der Waals surface area (Å²) >= 11 is 0. The molecule has 4 rings (SSSR count). The molecule has 1 aliphatic rings. The topological polar surface area (TPSA) is 140 Å². The molecule has 0 bridgehead atoms. The number of nitrogens with zero attached hydrogens (tertiary/aromatic N) is 3. The van der Waals surface area contributed by atoms with Gasteiger partial charge in [-0.2, -0.15) is 5.26 Å². The summed E-state index contributed by atoms with van der Waals surface area (Å²) < 4.78 is 24.4. The van der Waals surface area contributed by atoms with E-state index in [-0.39, 0.29) is 30.2 Å². The third-order valence-electron chi connectivity index (χ3n) is 7.52. The molecule has 0 spiro atoms. The number of carbonyl (C=O) groups is 3. The van der Waals surface area contributed by atoms with E-state index in [0.717, 1.165) is 28.2 Å². The van der Waals surface area contributed by atoms with E-state index in [4.69, 9.17) is 0 Å². The van der Waals surface area contributed by atoms with Crippen molar-refractivity contribution < 1.29 is 22.8 Å². The number of nitrogens with one attached hydrogen (secondary N) is 2. The fraction of sp³-hybridized carbons (Fsp3) is 0.355. The Morgan fingerprint density at radius 1 is 1.09 bits per heavy atom. The van der Waals surface area contributed by atoms with Crippen LogP contribution in [0.2, 0.25) is 0 Å². The molecule has 3 aromatic carbocycles. The molecule has 12 heteroatoms. The van der Waals surface area contributed by atoms with Crippen LogP contribution < -0.4 is 20.4 Å². The van der Waals surface area contributed by atoms with E-state index in [9.17, 15) is 28.1 Å². The number of hydrogen-bond donors (Lipinski definition) is 2. The van der Waals surface area contributed by atoms with Crippen LogP contribution in [0.15, 0.2) is 54.6 Å². The maximum atomic E-state index is 14.5. The molecule has 0 saturated heterocycles. The molecule has 0 radical (unpaired) electrons. The quantitative estimate of drug-likeness (QED) is 0.392. The summed E-state index contributed by atoms with van der Waals surface area (Å²) in [7, 11) is -3.75. The number of sulfone groups is 1. The van der Waals surface area contributed by atoms with Gasteiger partial charge >= 0.3 is 0 Å². The summed E-state index contributed by atoms with van der Waals surface area (Å²) in [5.74, 6) is -2.48. The van der Waals surface area contributed by atoms with Gasteiger partial charge in [0.1, 0.15) is 11.8 Å². The molecule has 0 fully saturated rings. The van der Waals surface area contributed by atoms with Crippen molar-refractivity contribution in [2.45, 2.75) is 52.4 Å². The molecule has 1 aliphatic heterocycles. The number of rotatable bonds is 8. The van der Waals surface area contributed by atoms with Gasteiger partial charge in [0, 0.05) is 6.26 Å². The van der Waals surface area contributed by atoms with Crippen LogP contribution in [0.3, 0.4) is 0 Å². The van der Waals surface area contributed by atoms with Gasteiger partial charge < -0.3 is 20.4 Å². The molecule has 3 atom stereocenters. The molecule has 0 aromatic heterocycles. The Hall–Kier alpha value is -3.98. The normalized spacial score (nSPS) is 17.3. The second-order valence-electron chi connectivity index (χ2n) is 10.7. The number of aryl methyl sites for hydroxylation is 1. The van der Waals surface area contributed by atoms with Gasteiger partial charge in [-0.3, -0.25) is 14.4 Å². The summed E-state index contributed by atoms with van der Waals surface area (Å²) in [6.45, 7) is 7.70. The van der Waals surface area contributed by atoms with Crippen molar-refractivity contribution in [3.8, 4) is 6.07 Å². The molecule has 43 heavy (non-hydrogen) atoms. The predicted octanol–water partition coefficient (Wildman–Crippen LogP) is 3.24. The minimum Gasteiger partial charge on any atom is -0.341 e. The Kier molecular flexibility index (Phi) is 10.6. The van der Waals surface area contributed by atoms with Gasteiger partial charge in [-0.25, -0.2) is 8.42 Å². The highest BCUT2D eigenvalue weighted by Crippen LogP contribution is 2.38. The first kappa shape index (κ1) is 33.5. The number of carbonyl (C=O) groups excluding carboxylic acids is 3. The van der Waals surface area contributed by atoms with Gasteiger partial charge in [-0.05, 0) is 67.4 Å². The average Bonchev–Trinajstić information content (AvgIpc) is 3.01. The van der Waals surface area contributed by atoms with Crippen LogP contribution in [0.5, 0.6) is 0 Å². The summed E-state index contributed by atoms with van der Waals surface area (Å²) in [4.78, 5) is 44.0. The lowest BCUT2D eigenvalue weighted by atomic mass is 9.98. The predicted molar refractivity (Wildman–Crippen MR) is 170 cm³/mol. The number of amides is 3. The van der Waals surface area contributed by atoms with Crippen LogP contribution in [0.1, 0.15) is 37.5 Å². The summed E-state index contributed by atoms with van der Waals surface area (Å²) in [6.07, 6.45) is 0.956. The highest BCUT2D eigenvalue weighted by molar-refractivity contribution is 7.91. The van der Waals surface area contributed by atoms with E-state index in [1.54, 1.807) is 26.0 Å². The average molecular weight is 626 g/mol. The Labute approximate surface area is 258 Å². The molecule has 10 nitrogen and oxygen atoms in total. The molecule has 3 aromatic rings. The lowest BCUT2D eigenvalue weighted by Gasteiger charge is -2.32. The number of likely N-dealkylation sites (N-methyl/N-ethyl adjacent to an activating group) is 1. The molecule has 3 amide bonds. The van der Waals surface area contributed by atoms with Gasteiger partial charge in [-0.15, -0.1) is 12.4 Å². The second-order valence-corrected chi connectivity index (χ2v) is 12.8. The van der Waals surface area contributed by atoms with Gasteiger partial charge in [0.15, 0.2) is 9.84 Å². The highest BCUT2D eigenvalue weighted by Gasteiger charge is 2.43. The lowest BCUT2D eigenvalue weighted by Crippen LogP contribution is -2.60. The van der Waals surface area contributed by atoms with Gasteiger partial charge in [-0.1, -0.05) is 43.3 Å². The van der Waals surface area contributed by atoms with E-state index in [0.29, 0.717) is 12.2 Å². The van der Waals surface area contributed by atoms with E-state index in [2.05, 4.69) is 16.7 Å². The fourth-order valence-electron chi connectivity index (χ4n) is 5.37. The van der Waals surface area contributed by atoms with E-state index >= 15 is 0 Å². The van der Waals surface area contributed by atoms with Crippen molar-refractivity contribution in [2.24, 2.45) is 0 Å². The first-order valence-electron chi connectivity index (χ1n) is 13.7. The van der Waals surface area contributed by atoms with Crippen molar-refractivity contribution in [1.29, 1.82) is 5.26 Å². The maximum absolute atomic E-state index is 14.5. The van der Waals surface area contributed by atoms with Crippen molar-refractivity contribution >= 4 is 62.1 Å². The molecule has 228 valence electrons. The van der Waals surface area contributed by atoms with Gasteiger partial charge in [0.25, 0.3) is 5.91 Å². The van der Waals surface area contributed by atoms with Crippen LogP contribution in [0.25, 0.3) is 10.8 Å². The first-order valence-corrected chi connectivity index (χ1v) is 15.8. The van der Waals surface area contributed by atoms with Crippen molar-refractivity contribution in [1.82, 2.24) is 10.6 Å². The molecular weight excluding hydrogens is 590 g/mol. The minimum absolute atomic E-state index is 0. The Morgan fingerprint density at radius 2 is 1.79 bits per heavy atom. The zero-order valence-electron chi connectivity index (χ0n) is 24.7. The van der Waals surface area contributed by atoms with Crippen molar-refractivity contribution in [3.05, 3.63) is 71.3 Å². The number of hydrogen-bond acceptors (Lipinski definition) is 7. The number of nitriles is 1. The van der Waals surface area contributed by atoms with Crippen molar-refractivity contribution in [3.63, 3.8) is 0 Å². The number of fused-ring (bicyclic) bond motifs is 2. The van der Waals surface area contributed by atoms with Gasteiger partial charge in [0.2, 0.25) is 11.8 Å². The smallest absolute Gasteiger partial charge is 0.252 e. The van der Waals surface area contributed by atoms with Gasteiger partial charge in [0.05, 0.1) is 41.6 Å². The molecule has 0 saturated carbocycles. The van der Waals surface area contributed by atoms with E-state index < -0.39 is 51.4 Å². The summed E-state index contributed by atoms with van der Waals surface area (Å²) in [5, 5.41) is 17.5. The molecule has 2 N–H and O–H groups in total. The maximum Gasteiger partial charge on any atom is 0.252 e. The minimum atomic E-state index is -3.75. The zero-order valence-corrected chi connectivity index (χ0v) is 26.4. The number of benzene rings is 3. The Bertz CT molecular complexity index is 1700. The van der Waals surface area contributed by atoms with Crippen LogP contribution >= 0.6 is 12.4 Å². The van der Waals surface area contributed by atoms with E-state index in [1.165, 1.54) is 15.9 Å². The zero-order chi connectivity index (χ0) is 30.8. The molecular formula is C31H36ClN5O5S. The summed E-state index contributed by atoms with van der Waals surface area (Å²) in [5.41, 5.74) is 2.61. The SMILES string of the molecule is CCNC(C)C(=O)N[C@@H]1C(=O)N(Cc2c(C)ccc3ccccc23)c2ccc(C#N)cc2N(C(=O)CS(C)(=O)=O)[C@H]1C.Cl. The number of halogens is 1. The first-order chi connectivity index (χ1) is 19.9. The Balaban J connectivity index is 0.00000506.